The Balaban J connectivity index is 0. The van der Waals surface area contributed by atoms with Gasteiger partial charge in [0.1, 0.15) is 0 Å². The third-order valence-corrected chi connectivity index (χ3v) is 13.0. The van der Waals surface area contributed by atoms with E-state index in [4.69, 9.17) is 0 Å². The molecule has 2 rings (SSSR count). The topological polar surface area (TPSA) is 0 Å². The van der Waals surface area contributed by atoms with E-state index in [9.17, 15) is 0 Å². The van der Waals surface area contributed by atoms with Gasteiger partial charge in [-0.05, 0) is 0 Å². The minimum absolute atomic E-state index is 0. The number of benzene rings is 1. The van der Waals surface area contributed by atoms with Crippen molar-refractivity contribution in [1.29, 1.82) is 0 Å². The van der Waals surface area contributed by atoms with Crippen molar-refractivity contribution in [2.24, 2.45) is 5.41 Å². The molecule has 1 atom stereocenters. The molecule has 1 aliphatic carbocycles. The summed E-state index contributed by atoms with van der Waals surface area (Å²) in [5.41, 5.74) is 9.53. The number of allylic oxidation sites excluding steroid dienone is 4. The fourth-order valence-corrected chi connectivity index (χ4v) is 12.5. The van der Waals surface area contributed by atoms with Crippen molar-refractivity contribution >= 4 is 13.3 Å². The van der Waals surface area contributed by atoms with E-state index in [1.165, 1.54) is 35.6 Å². The van der Waals surface area contributed by atoms with Gasteiger partial charge in [-0.15, -0.1) is 0 Å². The molecule has 0 aromatic heterocycles. The van der Waals surface area contributed by atoms with Crippen molar-refractivity contribution < 1.29 is 57.7 Å². The van der Waals surface area contributed by atoms with Gasteiger partial charge in [-0.25, -0.2) is 0 Å². The molecule has 0 aliphatic heterocycles. The largest absolute Gasteiger partial charge is 1.00 e. The molecule has 168 valence electrons. The first-order chi connectivity index (χ1) is 12.4. The maximum atomic E-state index is 2.68. The van der Waals surface area contributed by atoms with Crippen LogP contribution in [0.4, 0.5) is 0 Å². The van der Waals surface area contributed by atoms with Crippen LogP contribution in [0, 0.1) is 40.0 Å². The van der Waals surface area contributed by atoms with Crippen LogP contribution in [0.2, 0.25) is 12.6 Å². The van der Waals surface area contributed by atoms with Crippen molar-refractivity contribution in [3.05, 3.63) is 48.5 Å². The summed E-state index contributed by atoms with van der Waals surface area (Å²) >= 11 is 2.40. The second-order valence-electron chi connectivity index (χ2n) is 9.86. The van der Waals surface area contributed by atoms with Gasteiger partial charge in [0.2, 0.25) is 0 Å². The van der Waals surface area contributed by atoms with Gasteiger partial charge in [0.15, 0.2) is 0 Å². The van der Waals surface area contributed by atoms with Crippen molar-refractivity contribution in [3.63, 3.8) is 0 Å². The molecule has 0 fully saturated rings. The molecule has 30 heavy (non-hydrogen) atoms. The molecule has 0 saturated carbocycles. The zero-order chi connectivity index (χ0) is 20.7. The van der Waals surface area contributed by atoms with Crippen molar-refractivity contribution in [2.75, 3.05) is 0 Å². The summed E-state index contributed by atoms with van der Waals surface area (Å²) in [6.07, 6.45) is 6.31. The average molecular weight is 522 g/mol. The summed E-state index contributed by atoms with van der Waals surface area (Å²) in [4.78, 5) is 0. The monoisotopic (exact) mass is 520 g/mol. The molecule has 0 nitrogen and oxygen atoms in total. The van der Waals surface area contributed by atoms with Gasteiger partial charge in [-0.2, -0.15) is 0 Å². The van der Waals surface area contributed by atoms with E-state index in [-0.39, 0.29) is 42.6 Å². The van der Waals surface area contributed by atoms with Crippen LogP contribution in [0.5, 0.6) is 0 Å². The van der Waals surface area contributed by atoms with E-state index < -0.39 is 8.07 Å². The molecule has 1 unspecified atom stereocenters. The normalized spacial score (nSPS) is 15.7. The Morgan fingerprint density at radius 2 is 1.30 bits per heavy atom. The molecular weight excluding hydrogens is 483 g/mol. The molecule has 0 saturated heterocycles. The van der Waals surface area contributed by atoms with Crippen molar-refractivity contribution in [3.8, 4) is 0 Å². The summed E-state index contributed by atoms with van der Waals surface area (Å²) < 4.78 is 1.64. The SMILES string of the molecule is CCCC[Si](C)(C1=[C]([Ti+3])CC=C1C(C)(C)C)c1c(C)c(C)c(C)c(C)c1C.[Cl-].[Cl-].[Cl-]. The molecule has 1 aliphatic rings. The Morgan fingerprint density at radius 1 is 0.867 bits per heavy atom. The van der Waals surface area contributed by atoms with E-state index >= 15 is 0 Å². The molecule has 0 heterocycles. The Morgan fingerprint density at radius 3 is 1.70 bits per heavy atom. The first kappa shape index (κ1) is 32.7. The fraction of sp³-hybridized carbons (Fsp3) is 0.600. The van der Waals surface area contributed by atoms with Crippen LogP contribution in [0.25, 0.3) is 0 Å². The maximum absolute atomic E-state index is 2.68. The zero-order valence-electron chi connectivity index (χ0n) is 20.5. The molecule has 0 spiro atoms. The van der Waals surface area contributed by atoms with Crippen LogP contribution in [0.15, 0.2) is 20.7 Å². The van der Waals surface area contributed by atoms with Crippen LogP contribution in [-0.4, -0.2) is 8.07 Å². The maximum Gasteiger partial charge on any atom is -1.00 e. The summed E-state index contributed by atoms with van der Waals surface area (Å²) in [6.45, 7) is 24.0. The predicted molar refractivity (Wildman–Crippen MR) is 120 cm³/mol. The van der Waals surface area contributed by atoms with E-state index in [1.807, 2.05) is 0 Å². The first-order valence-corrected chi connectivity index (χ1v) is 14.1. The molecular formula is C25H39Cl3SiTi. The smallest absolute Gasteiger partial charge is 1.00 e. The minimum atomic E-state index is -1.81. The van der Waals surface area contributed by atoms with Crippen LogP contribution < -0.4 is 42.4 Å². The summed E-state index contributed by atoms with van der Waals surface area (Å²) in [6, 6.07) is 1.37. The number of unbranched alkanes of at least 4 members (excludes halogenated alkanes) is 1. The molecule has 5 heteroatoms. The van der Waals surface area contributed by atoms with E-state index in [0.29, 0.717) is 0 Å². The molecule has 0 N–H and O–H groups in total. The Kier molecular flexibility index (Phi) is 13.2. The van der Waals surface area contributed by atoms with Gasteiger partial charge in [0.05, 0.1) is 0 Å². The third kappa shape index (κ3) is 5.89. The average Bonchev–Trinajstić information content (AvgIpc) is 2.99. The number of rotatable bonds is 5. The van der Waals surface area contributed by atoms with Crippen LogP contribution in [0.1, 0.15) is 74.8 Å². The number of hydrogen-bond donors (Lipinski definition) is 0. The van der Waals surface area contributed by atoms with Crippen molar-refractivity contribution in [1.82, 2.24) is 0 Å². The van der Waals surface area contributed by atoms with Gasteiger partial charge in [0.25, 0.3) is 0 Å². The standard InChI is InChI=1S/C25H39Si.3ClH.Ti/c1-11-12-16-26(10,23-15-13-14-22(23)25(7,8)9)24-20(5)18(3)17(2)19(4)21(24)6;;;;/h14H,11-13,16H2,1-10H3;3*1H;/q;;;;+3/p-3. The quantitative estimate of drug-likeness (QED) is 0.395. The van der Waals surface area contributed by atoms with E-state index in [2.05, 4.69) is 95.4 Å². The summed E-state index contributed by atoms with van der Waals surface area (Å²) in [5, 5.41) is 3.51. The zero-order valence-corrected chi connectivity index (χ0v) is 25.4. The van der Waals surface area contributed by atoms with Gasteiger partial charge in [-0.1, -0.05) is 0 Å². The van der Waals surface area contributed by atoms with E-state index in [0.717, 1.165) is 6.42 Å². The number of hydrogen-bond acceptors (Lipinski definition) is 0. The Hall–Kier alpha value is 0.501. The first-order valence-electron chi connectivity index (χ1n) is 10.6. The molecule has 0 amide bonds. The second kappa shape index (κ2) is 12.1. The molecule has 0 radical (unpaired) electrons. The predicted octanol–water partition coefficient (Wildman–Crippen LogP) is -1.96. The van der Waals surface area contributed by atoms with Crippen LogP contribution >= 0.6 is 0 Å². The summed E-state index contributed by atoms with van der Waals surface area (Å²) in [7, 11) is -1.81. The Bertz CT molecular complexity index is 790. The van der Waals surface area contributed by atoms with Gasteiger partial charge in [0, 0.05) is 0 Å². The van der Waals surface area contributed by atoms with Gasteiger partial charge >= 0.3 is 182 Å². The third-order valence-electron chi connectivity index (χ3n) is 7.02. The van der Waals surface area contributed by atoms with E-state index in [1.54, 1.807) is 31.0 Å². The second-order valence-corrected chi connectivity index (χ2v) is 15.0. The summed E-state index contributed by atoms with van der Waals surface area (Å²) in [5.74, 6) is 0. The fourth-order valence-electron chi connectivity index (χ4n) is 5.12. The molecule has 1 aromatic rings. The van der Waals surface area contributed by atoms with Gasteiger partial charge < -0.3 is 37.2 Å². The van der Waals surface area contributed by atoms with Gasteiger partial charge in [-0.3, -0.25) is 0 Å². The van der Waals surface area contributed by atoms with Crippen LogP contribution in [0.3, 0.4) is 0 Å². The molecule has 1 aromatic carbocycles. The molecule has 0 bridgehead atoms. The van der Waals surface area contributed by atoms with Crippen molar-refractivity contribution in [2.45, 2.75) is 94.2 Å². The minimum Gasteiger partial charge on any atom is -1.00 e. The Labute approximate surface area is 217 Å². The number of halogens is 3. The van der Waals surface area contributed by atoms with Crippen LogP contribution in [-0.2, 0) is 20.4 Å².